The number of fused-ring (bicyclic) bond motifs is 2. The predicted octanol–water partition coefficient (Wildman–Crippen LogP) is 4.92. The monoisotopic (exact) mass is 933 g/mol. The summed E-state index contributed by atoms with van der Waals surface area (Å²) in [5, 5.41) is 9.74. The van der Waals surface area contributed by atoms with Gasteiger partial charge in [0.15, 0.2) is 0 Å². The Morgan fingerprint density at radius 3 is 2.46 bits per heavy atom. The average molecular weight is 934 g/mol. The van der Waals surface area contributed by atoms with Gasteiger partial charge in [0.05, 0.1) is 46.6 Å². The van der Waals surface area contributed by atoms with Crippen LogP contribution >= 0.6 is 0 Å². The van der Waals surface area contributed by atoms with Crippen molar-refractivity contribution < 1.29 is 37.8 Å². The normalized spacial score (nSPS) is 23.4. The number of likely N-dealkylation sites (tertiary alicyclic amines) is 1. The van der Waals surface area contributed by atoms with Crippen molar-refractivity contribution in [1.29, 1.82) is 0 Å². The van der Waals surface area contributed by atoms with Crippen molar-refractivity contribution in [3.8, 4) is 0 Å². The maximum atomic E-state index is 14.7. The fourth-order valence-corrected chi connectivity index (χ4v) is 11.0. The maximum absolute atomic E-state index is 14.7. The van der Waals surface area contributed by atoms with E-state index in [0.29, 0.717) is 73.1 Å². The number of carbonyl (C=O) groups excluding carboxylic acids is 5. The molecule has 5 aliphatic heterocycles. The van der Waals surface area contributed by atoms with E-state index in [4.69, 9.17) is 14.5 Å². The Morgan fingerprint density at radius 1 is 0.897 bits per heavy atom. The molecule has 0 bridgehead atoms. The van der Waals surface area contributed by atoms with Crippen molar-refractivity contribution in [3.63, 3.8) is 0 Å². The second kappa shape index (κ2) is 19.9. The van der Waals surface area contributed by atoms with E-state index in [9.17, 15) is 28.4 Å². The van der Waals surface area contributed by atoms with Gasteiger partial charge in [-0.2, -0.15) is 4.98 Å². The van der Waals surface area contributed by atoms with Gasteiger partial charge in [-0.1, -0.05) is 18.9 Å². The lowest BCUT2D eigenvalue weighted by Gasteiger charge is -2.35. The molecule has 3 aromatic heterocycles. The average Bonchev–Trinajstić information content (AvgIpc) is 4.08. The zero-order valence-corrected chi connectivity index (χ0v) is 38.5. The minimum Gasteiger partial charge on any atom is -0.378 e. The molecule has 1 aliphatic carbocycles. The number of aromatic nitrogens is 4. The van der Waals surface area contributed by atoms with Crippen LogP contribution in [0, 0.1) is 0 Å². The summed E-state index contributed by atoms with van der Waals surface area (Å²) < 4.78 is 28.5. The van der Waals surface area contributed by atoms with Gasteiger partial charge in [0, 0.05) is 102 Å². The third-order valence-electron chi connectivity index (χ3n) is 14.8. The number of rotatable bonds is 14. The van der Waals surface area contributed by atoms with E-state index in [2.05, 4.69) is 40.3 Å². The Balaban J connectivity index is 0.684. The number of alkyl halides is 1. The first-order valence-electron chi connectivity index (χ1n) is 24.4. The highest BCUT2D eigenvalue weighted by Gasteiger charge is 2.46. The number of anilines is 4. The van der Waals surface area contributed by atoms with Gasteiger partial charge in [-0.25, -0.2) is 14.4 Å². The molecule has 19 heteroatoms. The number of nitrogens with zero attached hydrogens (tertiary/aromatic N) is 8. The number of piperidine rings is 4. The minimum atomic E-state index is -1.12. The van der Waals surface area contributed by atoms with E-state index >= 15 is 0 Å². The summed E-state index contributed by atoms with van der Waals surface area (Å²) in [6.07, 6.45) is 13.4. The van der Waals surface area contributed by atoms with Crippen molar-refractivity contribution in [1.82, 2.24) is 40.0 Å². The molecule has 8 heterocycles. The zero-order valence-electron chi connectivity index (χ0n) is 38.5. The quantitative estimate of drug-likeness (QED) is 0.114. The molecule has 5 amide bonds. The van der Waals surface area contributed by atoms with Crippen LogP contribution in [0.15, 0.2) is 48.9 Å². The molecule has 360 valence electrons. The molecule has 0 radical (unpaired) electrons. The van der Waals surface area contributed by atoms with Gasteiger partial charge < -0.3 is 39.4 Å². The number of benzene rings is 1. The number of nitrogens with one attached hydrogen (secondary N) is 3. The summed E-state index contributed by atoms with van der Waals surface area (Å²) >= 11 is 0. The molecule has 1 aromatic carbocycles. The fourth-order valence-electron chi connectivity index (χ4n) is 11.0. The second-order valence-electron chi connectivity index (χ2n) is 19.0. The first-order valence-corrected chi connectivity index (χ1v) is 24.4. The Hall–Kier alpha value is -6.05. The molecule has 5 fully saturated rings. The van der Waals surface area contributed by atoms with E-state index in [1.54, 1.807) is 30.6 Å². The number of amides is 5. The Morgan fingerprint density at radius 2 is 1.69 bits per heavy atom. The highest BCUT2D eigenvalue weighted by Crippen LogP contribution is 2.37. The van der Waals surface area contributed by atoms with Crippen LogP contribution in [-0.4, -0.2) is 149 Å². The number of hydrogen-bond donors (Lipinski definition) is 3. The van der Waals surface area contributed by atoms with Gasteiger partial charge in [0.25, 0.3) is 17.7 Å². The first-order chi connectivity index (χ1) is 33.1. The van der Waals surface area contributed by atoms with Gasteiger partial charge in [-0.15, -0.1) is 0 Å². The number of halogens is 1. The second-order valence-corrected chi connectivity index (χ2v) is 19.0. The molecule has 1 saturated carbocycles. The number of ether oxygens (including phenoxy) is 2. The highest BCUT2D eigenvalue weighted by molar-refractivity contribution is 6.25. The number of carbonyl (C=O) groups is 5. The third kappa shape index (κ3) is 9.39. The molecule has 3 atom stereocenters. The van der Waals surface area contributed by atoms with Crippen LogP contribution in [0.1, 0.15) is 114 Å². The molecular weight excluding hydrogens is 874 g/mol. The molecule has 18 nitrogen and oxygen atoms in total. The van der Waals surface area contributed by atoms with E-state index < -0.39 is 41.9 Å². The molecule has 68 heavy (non-hydrogen) atoms. The van der Waals surface area contributed by atoms with Gasteiger partial charge in [-0.05, 0) is 76.0 Å². The minimum absolute atomic E-state index is 0.0682. The lowest BCUT2D eigenvalue weighted by Crippen LogP contribution is -2.54. The van der Waals surface area contributed by atoms with E-state index in [1.807, 2.05) is 23.2 Å². The van der Waals surface area contributed by atoms with Crippen LogP contribution in [0.5, 0.6) is 0 Å². The van der Waals surface area contributed by atoms with Crippen molar-refractivity contribution >= 4 is 63.7 Å². The van der Waals surface area contributed by atoms with Crippen LogP contribution in [0.2, 0.25) is 0 Å². The molecule has 0 spiro atoms. The third-order valence-corrected chi connectivity index (χ3v) is 14.8. The van der Waals surface area contributed by atoms with Crippen molar-refractivity contribution in [2.45, 2.75) is 114 Å². The topological polar surface area (TPSA) is 196 Å². The summed E-state index contributed by atoms with van der Waals surface area (Å²) in [5.74, 6) is -0.487. The largest absolute Gasteiger partial charge is 0.378 e. The Bertz CT molecular complexity index is 2550. The molecule has 10 rings (SSSR count). The summed E-state index contributed by atoms with van der Waals surface area (Å²) in [7, 11) is 1.54. The van der Waals surface area contributed by atoms with Gasteiger partial charge in [0.2, 0.25) is 17.8 Å². The van der Waals surface area contributed by atoms with Crippen LogP contribution < -0.4 is 25.8 Å². The molecular formula is C49H60FN11O7. The molecule has 3 N–H and O–H groups in total. The van der Waals surface area contributed by atoms with Gasteiger partial charge >= 0.3 is 0 Å². The van der Waals surface area contributed by atoms with Crippen LogP contribution in [0.4, 0.5) is 27.7 Å². The van der Waals surface area contributed by atoms with E-state index in [1.165, 1.54) is 7.11 Å². The lowest BCUT2D eigenvalue weighted by molar-refractivity contribution is -0.136. The lowest BCUT2D eigenvalue weighted by atomic mass is 10.0. The Labute approximate surface area is 394 Å². The highest BCUT2D eigenvalue weighted by atomic mass is 19.1. The maximum Gasteiger partial charge on any atom is 0.264 e. The molecule has 4 saturated heterocycles. The smallest absolute Gasteiger partial charge is 0.264 e. The van der Waals surface area contributed by atoms with Crippen molar-refractivity contribution in [3.05, 3.63) is 65.6 Å². The Kier molecular flexibility index (Phi) is 13.4. The SMILES string of the molecule is CO[C@H]1CCN(c2nccc(Nc3cc4c(cn3)c(C(=O)NC3CCN(CCCOC5CCN(c6cccc7c6C(=O)N(C6CCC(=O)NC6=O)C7=O)CC5)CC3)cn4C3CCCC3)n2)C[C@H]1F. The summed E-state index contributed by atoms with van der Waals surface area (Å²) in [6, 6.07) is 8.39. The number of imide groups is 2. The number of hydrogen-bond acceptors (Lipinski definition) is 14. The number of methoxy groups -OCH3 is 1. The summed E-state index contributed by atoms with van der Waals surface area (Å²) in [5.41, 5.74) is 2.88. The standard InChI is InChI=1S/C49H60FN11O7/c1-67-40-17-24-59(29-36(40)50)49-51-18-12-41(55-49)54-42-26-39-34(27-52-42)35(28-60(39)31-6-2-3-7-31)45(63)53-30-13-20-57(21-14-30)19-5-25-68-32-15-22-58(23-16-32)37-9-4-8-33-44(37)48(66)61(47(33)65)38-10-11-43(62)56-46(38)64/h4,8-9,12,18,26-28,30-32,36,38,40H,2-3,5-7,10-11,13-17,19-25,29H2,1H3,(H,53,63)(H,56,62,64)(H,51,52,54,55)/t36-,38?,40+/m1/s1. The number of pyridine rings is 1. The van der Waals surface area contributed by atoms with Gasteiger partial charge in [0.1, 0.15) is 23.8 Å². The summed E-state index contributed by atoms with van der Waals surface area (Å²) in [4.78, 5) is 86.5. The van der Waals surface area contributed by atoms with Gasteiger partial charge in [-0.3, -0.25) is 34.2 Å². The molecule has 6 aliphatic rings. The van der Waals surface area contributed by atoms with E-state index in [-0.39, 0.29) is 43.0 Å². The fraction of sp³-hybridized carbons (Fsp3) is 0.551. The van der Waals surface area contributed by atoms with E-state index in [0.717, 1.165) is 93.2 Å². The molecule has 4 aromatic rings. The van der Waals surface area contributed by atoms with Crippen LogP contribution in [-0.2, 0) is 19.1 Å². The first kappa shape index (κ1) is 45.7. The van der Waals surface area contributed by atoms with Crippen molar-refractivity contribution in [2.24, 2.45) is 0 Å². The predicted molar refractivity (Wildman–Crippen MR) is 251 cm³/mol. The summed E-state index contributed by atoms with van der Waals surface area (Å²) in [6.45, 7) is 5.43. The zero-order chi connectivity index (χ0) is 46.9. The van der Waals surface area contributed by atoms with Crippen LogP contribution in [0.25, 0.3) is 10.9 Å². The van der Waals surface area contributed by atoms with Crippen molar-refractivity contribution in [2.75, 3.05) is 74.6 Å². The molecule has 1 unspecified atom stereocenters. The van der Waals surface area contributed by atoms with Crippen LogP contribution in [0.3, 0.4) is 0 Å².